The topological polar surface area (TPSA) is 49.3 Å². The molecular weight excluding hydrogens is 270 g/mol. The fourth-order valence-electron chi connectivity index (χ4n) is 1.97. The molecule has 2 N–H and O–H groups in total. The summed E-state index contributed by atoms with van der Waals surface area (Å²) in [4.78, 5) is 12.3. The maximum Gasteiger partial charge on any atom is 0.338 e. The fraction of sp³-hybridized carbons (Fsp3) is 0.188. The summed E-state index contributed by atoms with van der Waals surface area (Å²) in [6, 6.07) is 15.5. The Hall–Kier alpha value is -1.94. The summed E-state index contributed by atoms with van der Waals surface area (Å²) < 4.78 is 0. The number of hydrogen-bond donors (Lipinski definition) is 2. The molecule has 0 fully saturated rings. The molecule has 104 valence electrons. The van der Waals surface area contributed by atoms with Crippen LogP contribution in [-0.2, 0) is 6.54 Å². The van der Waals surface area contributed by atoms with Crippen LogP contribution in [0.15, 0.2) is 53.4 Å². The number of nitrogens with one attached hydrogen (secondary N) is 1. The minimum atomic E-state index is -0.892. The number of anilines is 1. The van der Waals surface area contributed by atoms with Crippen LogP contribution in [0.5, 0.6) is 0 Å². The standard InChI is InChI=1S/C16H17NO2S/c1-2-20-14-10-6-9-13(15(14)16(18)19)17-11-12-7-4-3-5-8-12/h3-10,17H,2,11H2,1H3,(H,18,19). The Bertz CT molecular complexity index is 584. The number of benzene rings is 2. The molecule has 3 nitrogen and oxygen atoms in total. The molecule has 0 saturated carbocycles. The van der Waals surface area contributed by atoms with Crippen molar-refractivity contribution in [1.29, 1.82) is 0 Å². The van der Waals surface area contributed by atoms with Crippen molar-refractivity contribution in [1.82, 2.24) is 0 Å². The molecule has 0 heterocycles. The van der Waals surface area contributed by atoms with Gasteiger partial charge in [-0.2, -0.15) is 0 Å². The first-order chi connectivity index (χ1) is 9.72. The molecule has 0 aliphatic rings. The van der Waals surface area contributed by atoms with Gasteiger partial charge in [0.2, 0.25) is 0 Å². The summed E-state index contributed by atoms with van der Waals surface area (Å²) >= 11 is 1.55. The molecule has 0 unspecified atom stereocenters. The third-order valence-corrected chi connectivity index (χ3v) is 3.81. The van der Waals surface area contributed by atoms with Crippen LogP contribution in [0.4, 0.5) is 5.69 Å². The Balaban J connectivity index is 2.22. The van der Waals surface area contributed by atoms with E-state index in [4.69, 9.17) is 0 Å². The third kappa shape index (κ3) is 3.54. The summed E-state index contributed by atoms with van der Waals surface area (Å²) in [7, 11) is 0. The minimum absolute atomic E-state index is 0.357. The lowest BCUT2D eigenvalue weighted by molar-refractivity contribution is 0.0694. The van der Waals surface area contributed by atoms with Crippen LogP contribution in [0.1, 0.15) is 22.8 Å². The normalized spacial score (nSPS) is 10.2. The summed E-state index contributed by atoms with van der Waals surface area (Å²) in [5.41, 5.74) is 2.15. The van der Waals surface area contributed by atoms with E-state index in [1.807, 2.05) is 55.5 Å². The molecule has 0 aliphatic carbocycles. The zero-order valence-corrected chi connectivity index (χ0v) is 12.1. The van der Waals surface area contributed by atoms with E-state index in [1.54, 1.807) is 11.8 Å². The molecular formula is C16H17NO2S. The maximum atomic E-state index is 11.5. The molecule has 4 heteroatoms. The molecule has 0 spiro atoms. The molecule has 0 aliphatic heterocycles. The number of hydrogen-bond acceptors (Lipinski definition) is 3. The van der Waals surface area contributed by atoms with E-state index in [2.05, 4.69) is 5.32 Å². The number of aromatic carboxylic acids is 1. The van der Waals surface area contributed by atoms with Crippen molar-refractivity contribution < 1.29 is 9.90 Å². The molecule has 0 atom stereocenters. The van der Waals surface area contributed by atoms with Gasteiger partial charge in [-0.1, -0.05) is 43.3 Å². The first-order valence-corrected chi connectivity index (χ1v) is 7.48. The van der Waals surface area contributed by atoms with Crippen LogP contribution in [0.2, 0.25) is 0 Å². The highest BCUT2D eigenvalue weighted by atomic mass is 32.2. The van der Waals surface area contributed by atoms with Crippen molar-refractivity contribution in [3.05, 3.63) is 59.7 Å². The molecule has 2 aromatic rings. The van der Waals surface area contributed by atoms with Gasteiger partial charge in [-0.15, -0.1) is 11.8 Å². The minimum Gasteiger partial charge on any atom is -0.478 e. The van der Waals surface area contributed by atoms with Crippen LogP contribution in [0.3, 0.4) is 0 Å². The summed E-state index contributed by atoms with van der Waals surface area (Å²) in [6.07, 6.45) is 0. The van der Waals surface area contributed by atoms with Crippen molar-refractivity contribution in [3.8, 4) is 0 Å². The highest BCUT2D eigenvalue weighted by Gasteiger charge is 2.15. The van der Waals surface area contributed by atoms with E-state index in [0.717, 1.165) is 16.2 Å². The van der Waals surface area contributed by atoms with Gasteiger partial charge >= 0.3 is 5.97 Å². The van der Waals surface area contributed by atoms with E-state index in [0.29, 0.717) is 17.8 Å². The first kappa shape index (κ1) is 14.5. The average molecular weight is 287 g/mol. The Morgan fingerprint density at radius 2 is 1.90 bits per heavy atom. The van der Waals surface area contributed by atoms with Crippen LogP contribution in [0.25, 0.3) is 0 Å². The monoisotopic (exact) mass is 287 g/mol. The predicted molar refractivity (Wildman–Crippen MR) is 83.6 cm³/mol. The molecule has 0 bridgehead atoms. The van der Waals surface area contributed by atoms with Crippen molar-refractivity contribution in [3.63, 3.8) is 0 Å². The molecule has 2 aromatic carbocycles. The Morgan fingerprint density at radius 3 is 2.55 bits per heavy atom. The summed E-state index contributed by atoms with van der Waals surface area (Å²) in [6.45, 7) is 2.63. The van der Waals surface area contributed by atoms with E-state index in [-0.39, 0.29) is 0 Å². The van der Waals surface area contributed by atoms with Crippen molar-refractivity contribution in [2.75, 3.05) is 11.1 Å². The molecule has 0 aromatic heterocycles. The Labute approximate surface area is 123 Å². The van der Waals surface area contributed by atoms with Gasteiger partial charge in [-0.25, -0.2) is 4.79 Å². The SMILES string of the molecule is CCSc1cccc(NCc2ccccc2)c1C(=O)O. The highest BCUT2D eigenvalue weighted by Crippen LogP contribution is 2.28. The predicted octanol–water partition coefficient (Wildman–Crippen LogP) is 4.11. The molecule has 0 radical (unpaired) electrons. The van der Waals surface area contributed by atoms with Gasteiger partial charge in [0.15, 0.2) is 0 Å². The summed E-state index contributed by atoms with van der Waals surface area (Å²) in [5.74, 6) is -0.0419. The smallest absolute Gasteiger partial charge is 0.338 e. The van der Waals surface area contributed by atoms with Gasteiger partial charge in [0, 0.05) is 11.4 Å². The first-order valence-electron chi connectivity index (χ1n) is 6.49. The van der Waals surface area contributed by atoms with E-state index >= 15 is 0 Å². The quantitative estimate of drug-likeness (QED) is 0.785. The summed E-state index contributed by atoms with van der Waals surface area (Å²) in [5, 5.41) is 12.6. The average Bonchev–Trinajstić information content (AvgIpc) is 2.46. The fourth-order valence-corrected chi connectivity index (χ4v) is 2.80. The van der Waals surface area contributed by atoms with Crippen molar-refractivity contribution in [2.45, 2.75) is 18.4 Å². The second kappa shape index (κ2) is 7.01. The maximum absolute atomic E-state index is 11.5. The van der Waals surface area contributed by atoms with Crippen molar-refractivity contribution in [2.24, 2.45) is 0 Å². The largest absolute Gasteiger partial charge is 0.478 e. The zero-order chi connectivity index (χ0) is 14.4. The number of carboxylic acid groups (broad SMARTS) is 1. The van der Waals surface area contributed by atoms with Crippen LogP contribution >= 0.6 is 11.8 Å². The molecule has 2 rings (SSSR count). The zero-order valence-electron chi connectivity index (χ0n) is 11.3. The van der Waals surface area contributed by atoms with Gasteiger partial charge in [0.25, 0.3) is 0 Å². The van der Waals surface area contributed by atoms with Gasteiger partial charge in [-0.3, -0.25) is 0 Å². The molecule has 0 amide bonds. The lowest BCUT2D eigenvalue weighted by Crippen LogP contribution is -2.07. The van der Waals surface area contributed by atoms with Gasteiger partial charge < -0.3 is 10.4 Å². The number of thioether (sulfide) groups is 1. The van der Waals surface area contributed by atoms with Crippen LogP contribution < -0.4 is 5.32 Å². The Morgan fingerprint density at radius 1 is 1.15 bits per heavy atom. The van der Waals surface area contributed by atoms with Gasteiger partial charge in [-0.05, 0) is 23.4 Å². The van der Waals surface area contributed by atoms with E-state index in [1.165, 1.54) is 0 Å². The van der Waals surface area contributed by atoms with Crippen molar-refractivity contribution >= 4 is 23.4 Å². The Kier molecular flexibility index (Phi) is 5.07. The van der Waals surface area contributed by atoms with Crippen LogP contribution in [-0.4, -0.2) is 16.8 Å². The lowest BCUT2D eigenvalue weighted by atomic mass is 10.1. The van der Waals surface area contributed by atoms with Gasteiger partial charge in [0.1, 0.15) is 0 Å². The molecule has 20 heavy (non-hydrogen) atoms. The second-order valence-corrected chi connectivity index (χ2v) is 5.56. The number of rotatable bonds is 6. The van der Waals surface area contributed by atoms with Gasteiger partial charge in [0.05, 0.1) is 11.3 Å². The molecule has 0 saturated heterocycles. The number of carbonyl (C=O) groups is 1. The van der Waals surface area contributed by atoms with E-state index < -0.39 is 5.97 Å². The second-order valence-electron chi connectivity index (χ2n) is 4.26. The van der Waals surface area contributed by atoms with Crippen LogP contribution in [0, 0.1) is 0 Å². The number of carboxylic acids is 1. The van der Waals surface area contributed by atoms with E-state index in [9.17, 15) is 9.90 Å². The third-order valence-electron chi connectivity index (χ3n) is 2.87. The lowest BCUT2D eigenvalue weighted by Gasteiger charge is -2.13. The highest BCUT2D eigenvalue weighted by molar-refractivity contribution is 7.99.